The Bertz CT molecular complexity index is 262. The minimum Gasteiger partial charge on any atom is -0.481 e. The van der Waals surface area contributed by atoms with Crippen LogP contribution in [0.1, 0.15) is 39.0 Å². The lowest BCUT2D eigenvalue weighted by Crippen LogP contribution is -2.49. The van der Waals surface area contributed by atoms with Crippen LogP contribution in [0, 0.1) is 0 Å². The Kier molecular flexibility index (Phi) is 5.97. The molecule has 2 N–H and O–H groups in total. The summed E-state index contributed by atoms with van der Waals surface area (Å²) in [7, 11) is 0. The molecule has 5 heteroatoms. The van der Waals surface area contributed by atoms with Crippen LogP contribution in [-0.4, -0.2) is 47.6 Å². The van der Waals surface area contributed by atoms with Gasteiger partial charge in [-0.3, -0.25) is 9.59 Å². The van der Waals surface area contributed by atoms with E-state index in [1.165, 1.54) is 0 Å². The Morgan fingerprint density at radius 3 is 2.47 bits per heavy atom. The lowest BCUT2D eigenvalue weighted by Gasteiger charge is -2.30. The van der Waals surface area contributed by atoms with E-state index in [2.05, 4.69) is 5.32 Å². The minimum atomic E-state index is -0.927. The second-order valence-corrected chi connectivity index (χ2v) is 4.49. The number of carboxylic acid groups (broad SMARTS) is 1. The summed E-state index contributed by atoms with van der Waals surface area (Å²) < 4.78 is 0. The molecule has 1 aliphatic heterocycles. The third-order valence-electron chi connectivity index (χ3n) is 2.99. The predicted octanol–water partition coefficient (Wildman–Crippen LogP) is 0.842. The van der Waals surface area contributed by atoms with Gasteiger partial charge in [-0.05, 0) is 32.2 Å². The summed E-state index contributed by atoms with van der Waals surface area (Å²) in [5.41, 5.74) is 0. The van der Waals surface area contributed by atoms with Crippen LogP contribution in [0.3, 0.4) is 0 Å². The maximum Gasteiger partial charge on any atom is 0.305 e. The molecule has 0 aromatic heterocycles. The molecule has 0 aromatic rings. The lowest BCUT2D eigenvalue weighted by atomic mass is 10.1. The van der Waals surface area contributed by atoms with Crippen LogP contribution in [0.4, 0.5) is 0 Å². The Morgan fingerprint density at radius 2 is 1.94 bits per heavy atom. The van der Waals surface area contributed by atoms with E-state index in [0.717, 1.165) is 38.8 Å². The van der Waals surface area contributed by atoms with E-state index in [-0.39, 0.29) is 12.3 Å². The average Bonchev–Trinajstić information content (AvgIpc) is 2.34. The van der Waals surface area contributed by atoms with Crippen LogP contribution >= 0.6 is 0 Å². The molecule has 1 atom stereocenters. The summed E-state index contributed by atoms with van der Waals surface area (Å²) >= 11 is 0. The van der Waals surface area contributed by atoms with Gasteiger partial charge in [0.15, 0.2) is 0 Å². The number of piperidine rings is 1. The molecular formula is C12H22N2O3. The van der Waals surface area contributed by atoms with Gasteiger partial charge < -0.3 is 15.3 Å². The number of aliphatic carboxylic acids is 1. The van der Waals surface area contributed by atoms with E-state index < -0.39 is 12.0 Å². The molecule has 1 saturated heterocycles. The van der Waals surface area contributed by atoms with Gasteiger partial charge >= 0.3 is 5.97 Å². The van der Waals surface area contributed by atoms with Crippen molar-refractivity contribution in [3.63, 3.8) is 0 Å². The van der Waals surface area contributed by atoms with Crippen molar-refractivity contribution in [2.45, 2.75) is 45.1 Å². The Labute approximate surface area is 102 Å². The van der Waals surface area contributed by atoms with Crippen LogP contribution in [0.25, 0.3) is 0 Å². The fourth-order valence-corrected chi connectivity index (χ4v) is 2.07. The van der Waals surface area contributed by atoms with Crippen LogP contribution in [-0.2, 0) is 9.59 Å². The zero-order valence-electron chi connectivity index (χ0n) is 10.4. The fourth-order valence-electron chi connectivity index (χ4n) is 2.07. The third-order valence-corrected chi connectivity index (χ3v) is 2.99. The van der Waals surface area contributed by atoms with Crippen molar-refractivity contribution in [3.8, 4) is 0 Å². The molecule has 98 valence electrons. The van der Waals surface area contributed by atoms with Crippen molar-refractivity contribution in [1.29, 1.82) is 0 Å². The molecule has 1 rings (SSSR count). The lowest BCUT2D eigenvalue weighted by molar-refractivity contribution is -0.143. The maximum atomic E-state index is 12.1. The zero-order valence-corrected chi connectivity index (χ0v) is 10.4. The average molecular weight is 242 g/mol. The molecule has 1 amide bonds. The smallest absolute Gasteiger partial charge is 0.305 e. The van der Waals surface area contributed by atoms with E-state index >= 15 is 0 Å². The predicted molar refractivity (Wildman–Crippen MR) is 64.8 cm³/mol. The first-order valence-corrected chi connectivity index (χ1v) is 6.39. The number of nitrogens with one attached hydrogen (secondary N) is 1. The first kappa shape index (κ1) is 14.0. The number of carbonyl (C=O) groups is 2. The van der Waals surface area contributed by atoms with Crippen LogP contribution in [0.15, 0.2) is 0 Å². The first-order valence-electron chi connectivity index (χ1n) is 6.39. The summed E-state index contributed by atoms with van der Waals surface area (Å²) in [6.45, 7) is 4.21. The topological polar surface area (TPSA) is 69.6 Å². The Morgan fingerprint density at radius 1 is 1.29 bits per heavy atom. The highest BCUT2D eigenvalue weighted by atomic mass is 16.4. The van der Waals surface area contributed by atoms with Crippen molar-refractivity contribution in [3.05, 3.63) is 0 Å². The highest BCUT2D eigenvalue weighted by Crippen LogP contribution is 2.11. The van der Waals surface area contributed by atoms with Gasteiger partial charge in [0.25, 0.3) is 0 Å². The standard InChI is InChI=1S/C12H22N2O3/c1-2-6-13-10(9-11(15)16)12(17)14-7-4-3-5-8-14/h10,13H,2-9H2,1H3,(H,15,16). The summed E-state index contributed by atoms with van der Waals surface area (Å²) in [5.74, 6) is -0.982. The summed E-state index contributed by atoms with van der Waals surface area (Å²) in [4.78, 5) is 24.7. The SMILES string of the molecule is CCCNC(CC(=O)O)C(=O)N1CCCCC1. The second kappa shape index (κ2) is 7.27. The molecule has 0 bridgehead atoms. The van der Waals surface area contributed by atoms with Gasteiger partial charge in [0, 0.05) is 13.1 Å². The molecule has 1 unspecified atom stereocenters. The number of amides is 1. The highest BCUT2D eigenvalue weighted by Gasteiger charge is 2.26. The minimum absolute atomic E-state index is 0.0550. The van der Waals surface area contributed by atoms with E-state index in [4.69, 9.17) is 5.11 Å². The zero-order chi connectivity index (χ0) is 12.7. The van der Waals surface area contributed by atoms with Crippen LogP contribution < -0.4 is 5.32 Å². The molecule has 0 aromatic carbocycles. The van der Waals surface area contributed by atoms with Crippen LogP contribution in [0.5, 0.6) is 0 Å². The molecule has 1 fully saturated rings. The molecular weight excluding hydrogens is 220 g/mol. The molecule has 1 heterocycles. The second-order valence-electron chi connectivity index (χ2n) is 4.49. The highest BCUT2D eigenvalue weighted by molar-refractivity contribution is 5.86. The van der Waals surface area contributed by atoms with Crippen molar-refractivity contribution in [1.82, 2.24) is 10.2 Å². The van der Waals surface area contributed by atoms with Crippen LogP contribution in [0.2, 0.25) is 0 Å². The molecule has 0 radical (unpaired) electrons. The first-order chi connectivity index (χ1) is 8.15. The van der Waals surface area contributed by atoms with E-state index in [0.29, 0.717) is 6.54 Å². The van der Waals surface area contributed by atoms with Gasteiger partial charge in [-0.15, -0.1) is 0 Å². The van der Waals surface area contributed by atoms with Crippen molar-refractivity contribution < 1.29 is 14.7 Å². The summed E-state index contributed by atoms with van der Waals surface area (Å²) in [6, 6.07) is -0.564. The largest absolute Gasteiger partial charge is 0.481 e. The molecule has 5 nitrogen and oxygen atoms in total. The molecule has 0 spiro atoms. The third kappa shape index (κ3) is 4.73. The molecule has 0 aliphatic carbocycles. The Hall–Kier alpha value is -1.10. The van der Waals surface area contributed by atoms with E-state index in [1.54, 1.807) is 4.90 Å². The summed E-state index contributed by atoms with van der Waals surface area (Å²) in [6.07, 6.45) is 3.98. The maximum absolute atomic E-state index is 12.1. The van der Waals surface area contributed by atoms with Gasteiger partial charge in [-0.2, -0.15) is 0 Å². The number of likely N-dealkylation sites (tertiary alicyclic amines) is 1. The van der Waals surface area contributed by atoms with Crippen molar-refractivity contribution in [2.75, 3.05) is 19.6 Å². The van der Waals surface area contributed by atoms with E-state index in [1.807, 2.05) is 6.92 Å². The molecule has 17 heavy (non-hydrogen) atoms. The van der Waals surface area contributed by atoms with Gasteiger partial charge in [-0.25, -0.2) is 0 Å². The fraction of sp³-hybridized carbons (Fsp3) is 0.833. The number of rotatable bonds is 6. The van der Waals surface area contributed by atoms with E-state index in [9.17, 15) is 9.59 Å². The summed E-state index contributed by atoms with van der Waals surface area (Å²) in [5, 5.41) is 11.8. The van der Waals surface area contributed by atoms with Gasteiger partial charge in [0.1, 0.15) is 0 Å². The monoisotopic (exact) mass is 242 g/mol. The number of nitrogens with zero attached hydrogens (tertiary/aromatic N) is 1. The normalized spacial score (nSPS) is 17.8. The Balaban J connectivity index is 2.53. The molecule has 1 aliphatic rings. The number of carbonyl (C=O) groups excluding carboxylic acids is 1. The van der Waals surface area contributed by atoms with Gasteiger partial charge in [-0.1, -0.05) is 6.92 Å². The van der Waals surface area contributed by atoms with Gasteiger partial charge in [0.2, 0.25) is 5.91 Å². The van der Waals surface area contributed by atoms with Crippen molar-refractivity contribution in [2.24, 2.45) is 0 Å². The molecule has 0 saturated carbocycles. The van der Waals surface area contributed by atoms with Crippen molar-refractivity contribution >= 4 is 11.9 Å². The quantitative estimate of drug-likeness (QED) is 0.724. The van der Waals surface area contributed by atoms with Gasteiger partial charge in [0.05, 0.1) is 12.5 Å². The number of hydrogen-bond donors (Lipinski definition) is 2. The number of carboxylic acids is 1. The number of hydrogen-bond acceptors (Lipinski definition) is 3.